The fourth-order valence-corrected chi connectivity index (χ4v) is 1.89. The lowest BCUT2D eigenvalue weighted by molar-refractivity contribution is 0.444. The molecular formula is C15H19NO. The Morgan fingerprint density at radius 3 is 2.65 bits per heavy atom. The van der Waals surface area contributed by atoms with E-state index in [0.717, 1.165) is 18.1 Å². The van der Waals surface area contributed by atoms with E-state index in [-0.39, 0.29) is 0 Å². The summed E-state index contributed by atoms with van der Waals surface area (Å²) in [7, 11) is 0. The number of aryl methyl sites for hydroxylation is 2. The molecule has 2 rings (SSSR count). The number of hydrogen-bond acceptors (Lipinski definition) is 2. The Hall–Kier alpha value is -1.54. The lowest BCUT2D eigenvalue weighted by Gasteiger charge is -2.13. The van der Waals surface area contributed by atoms with Crippen LogP contribution in [0.3, 0.4) is 0 Å². The molecule has 2 aromatic rings. The number of rotatable bonds is 4. The third-order valence-corrected chi connectivity index (χ3v) is 2.92. The average Bonchev–Trinajstić information content (AvgIpc) is 2.72. The first kappa shape index (κ1) is 11.9. The minimum absolute atomic E-state index is 0.334. The molecule has 90 valence electrons. The van der Waals surface area contributed by atoms with Gasteiger partial charge in [0.25, 0.3) is 0 Å². The molecule has 17 heavy (non-hydrogen) atoms. The van der Waals surface area contributed by atoms with E-state index >= 15 is 0 Å². The Balaban J connectivity index is 1.95. The molecule has 0 saturated heterocycles. The maximum atomic E-state index is 5.53. The lowest BCUT2D eigenvalue weighted by Crippen LogP contribution is -2.17. The van der Waals surface area contributed by atoms with Crippen LogP contribution in [0.2, 0.25) is 0 Å². The van der Waals surface area contributed by atoms with Crippen molar-refractivity contribution in [2.45, 2.75) is 33.4 Å². The normalized spacial score (nSPS) is 12.6. The van der Waals surface area contributed by atoms with Crippen molar-refractivity contribution in [2.24, 2.45) is 0 Å². The first-order valence-electron chi connectivity index (χ1n) is 6.00. The highest BCUT2D eigenvalue weighted by molar-refractivity contribution is 5.24. The van der Waals surface area contributed by atoms with Crippen molar-refractivity contribution in [2.75, 3.05) is 0 Å². The topological polar surface area (TPSA) is 25.2 Å². The number of hydrogen-bond donors (Lipinski definition) is 1. The highest BCUT2D eigenvalue weighted by Crippen LogP contribution is 2.15. The molecule has 0 radical (unpaired) electrons. The molecule has 2 nitrogen and oxygen atoms in total. The van der Waals surface area contributed by atoms with Gasteiger partial charge in [-0.25, -0.2) is 0 Å². The molecule has 0 aliphatic rings. The molecular weight excluding hydrogens is 210 g/mol. The van der Waals surface area contributed by atoms with Gasteiger partial charge in [-0.05, 0) is 38.5 Å². The Labute approximate surface area is 103 Å². The zero-order valence-electron chi connectivity index (χ0n) is 10.7. The Bertz CT molecular complexity index is 487. The standard InChI is InChI=1S/C15H19NO/c1-11-5-4-6-14(9-11)13(3)16-10-15-8-7-12(2)17-15/h4-9,13,16H,10H2,1-3H3/t13-/m0/s1. The van der Waals surface area contributed by atoms with E-state index in [2.05, 4.69) is 43.4 Å². The Kier molecular flexibility index (Phi) is 3.64. The molecule has 0 aliphatic heterocycles. The first-order valence-corrected chi connectivity index (χ1v) is 6.00. The second kappa shape index (κ2) is 5.19. The number of nitrogens with one attached hydrogen (secondary N) is 1. The monoisotopic (exact) mass is 229 g/mol. The molecule has 1 aromatic carbocycles. The van der Waals surface area contributed by atoms with Gasteiger partial charge in [0, 0.05) is 6.04 Å². The van der Waals surface area contributed by atoms with Gasteiger partial charge in [-0.1, -0.05) is 29.8 Å². The molecule has 0 spiro atoms. The highest BCUT2D eigenvalue weighted by Gasteiger charge is 2.06. The molecule has 0 unspecified atom stereocenters. The number of furan rings is 1. The third kappa shape index (κ3) is 3.21. The molecule has 1 N–H and O–H groups in total. The summed E-state index contributed by atoms with van der Waals surface area (Å²) in [6.45, 7) is 7.02. The predicted octanol–water partition coefficient (Wildman–Crippen LogP) is 3.75. The maximum absolute atomic E-state index is 5.53. The highest BCUT2D eigenvalue weighted by atomic mass is 16.3. The van der Waals surface area contributed by atoms with Crippen LogP contribution in [0, 0.1) is 13.8 Å². The van der Waals surface area contributed by atoms with Gasteiger partial charge in [0.1, 0.15) is 11.5 Å². The molecule has 1 heterocycles. The third-order valence-electron chi connectivity index (χ3n) is 2.92. The largest absolute Gasteiger partial charge is 0.465 e. The van der Waals surface area contributed by atoms with Gasteiger partial charge < -0.3 is 9.73 Å². The quantitative estimate of drug-likeness (QED) is 0.863. The van der Waals surface area contributed by atoms with Crippen LogP contribution in [-0.2, 0) is 6.54 Å². The molecule has 0 amide bonds. The van der Waals surface area contributed by atoms with E-state index in [4.69, 9.17) is 4.42 Å². The predicted molar refractivity (Wildman–Crippen MR) is 69.9 cm³/mol. The SMILES string of the molecule is Cc1cccc([C@H](C)NCc2ccc(C)o2)c1. The fraction of sp³-hybridized carbons (Fsp3) is 0.333. The summed E-state index contributed by atoms with van der Waals surface area (Å²) in [5.41, 5.74) is 2.61. The first-order chi connectivity index (χ1) is 8.15. The van der Waals surface area contributed by atoms with Crippen LogP contribution >= 0.6 is 0 Å². The van der Waals surface area contributed by atoms with Crippen molar-refractivity contribution >= 4 is 0 Å². The summed E-state index contributed by atoms with van der Waals surface area (Å²) >= 11 is 0. The molecule has 0 saturated carbocycles. The van der Waals surface area contributed by atoms with Gasteiger partial charge in [0.15, 0.2) is 0 Å². The van der Waals surface area contributed by atoms with Crippen LogP contribution in [0.25, 0.3) is 0 Å². The van der Waals surface area contributed by atoms with Gasteiger partial charge in [-0.3, -0.25) is 0 Å². The number of benzene rings is 1. The Morgan fingerprint density at radius 1 is 1.18 bits per heavy atom. The Morgan fingerprint density at radius 2 is 2.00 bits per heavy atom. The van der Waals surface area contributed by atoms with Crippen LogP contribution in [0.4, 0.5) is 0 Å². The van der Waals surface area contributed by atoms with E-state index in [0.29, 0.717) is 6.04 Å². The fourth-order valence-electron chi connectivity index (χ4n) is 1.89. The van der Waals surface area contributed by atoms with Crippen molar-refractivity contribution in [3.05, 3.63) is 59.0 Å². The van der Waals surface area contributed by atoms with Crippen molar-refractivity contribution in [1.29, 1.82) is 0 Å². The second-order valence-electron chi connectivity index (χ2n) is 4.53. The average molecular weight is 229 g/mol. The van der Waals surface area contributed by atoms with Gasteiger partial charge in [0.2, 0.25) is 0 Å². The minimum Gasteiger partial charge on any atom is -0.465 e. The molecule has 0 bridgehead atoms. The molecule has 2 heteroatoms. The summed E-state index contributed by atoms with van der Waals surface area (Å²) in [5, 5.41) is 3.46. The lowest BCUT2D eigenvalue weighted by atomic mass is 10.1. The summed E-state index contributed by atoms with van der Waals surface area (Å²) < 4.78 is 5.53. The molecule has 1 aromatic heterocycles. The summed E-state index contributed by atoms with van der Waals surface area (Å²) in [6.07, 6.45) is 0. The van der Waals surface area contributed by atoms with Crippen LogP contribution in [0.15, 0.2) is 40.8 Å². The zero-order valence-corrected chi connectivity index (χ0v) is 10.7. The molecule has 0 fully saturated rings. The second-order valence-corrected chi connectivity index (χ2v) is 4.53. The van der Waals surface area contributed by atoms with Crippen LogP contribution in [-0.4, -0.2) is 0 Å². The zero-order chi connectivity index (χ0) is 12.3. The van der Waals surface area contributed by atoms with Gasteiger partial charge in [0.05, 0.1) is 6.54 Å². The van der Waals surface area contributed by atoms with Crippen molar-refractivity contribution in [3.63, 3.8) is 0 Å². The van der Waals surface area contributed by atoms with Gasteiger partial charge in [-0.15, -0.1) is 0 Å². The molecule has 1 atom stereocenters. The van der Waals surface area contributed by atoms with Crippen LogP contribution in [0.1, 0.15) is 35.6 Å². The smallest absolute Gasteiger partial charge is 0.117 e. The van der Waals surface area contributed by atoms with Gasteiger partial charge >= 0.3 is 0 Å². The van der Waals surface area contributed by atoms with E-state index in [9.17, 15) is 0 Å². The summed E-state index contributed by atoms with van der Waals surface area (Å²) in [5.74, 6) is 1.95. The van der Waals surface area contributed by atoms with E-state index in [1.807, 2.05) is 19.1 Å². The van der Waals surface area contributed by atoms with Gasteiger partial charge in [-0.2, -0.15) is 0 Å². The molecule has 0 aliphatic carbocycles. The maximum Gasteiger partial charge on any atom is 0.117 e. The van der Waals surface area contributed by atoms with Crippen molar-refractivity contribution < 1.29 is 4.42 Å². The van der Waals surface area contributed by atoms with Crippen LogP contribution in [0.5, 0.6) is 0 Å². The van der Waals surface area contributed by atoms with E-state index in [1.165, 1.54) is 11.1 Å². The van der Waals surface area contributed by atoms with E-state index in [1.54, 1.807) is 0 Å². The summed E-state index contributed by atoms with van der Waals surface area (Å²) in [4.78, 5) is 0. The minimum atomic E-state index is 0.334. The summed E-state index contributed by atoms with van der Waals surface area (Å²) in [6, 6.07) is 12.9. The van der Waals surface area contributed by atoms with E-state index < -0.39 is 0 Å². The van der Waals surface area contributed by atoms with Crippen molar-refractivity contribution in [3.8, 4) is 0 Å². The van der Waals surface area contributed by atoms with Crippen LogP contribution < -0.4 is 5.32 Å². The van der Waals surface area contributed by atoms with Crippen molar-refractivity contribution in [1.82, 2.24) is 5.32 Å².